The number of hydrogen-bond donors (Lipinski definition) is 1. The van der Waals surface area contributed by atoms with Crippen LogP contribution in [0.15, 0.2) is 23.2 Å². The maximum atomic E-state index is 12.9. The molecule has 0 aliphatic carbocycles. The van der Waals surface area contributed by atoms with Gasteiger partial charge >= 0.3 is 0 Å². The fraction of sp³-hybridized carbons (Fsp3) is 0.579. The molecule has 0 radical (unpaired) electrons. The third-order valence-electron chi connectivity index (χ3n) is 4.46. The highest BCUT2D eigenvalue weighted by Gasteiger charge is 2.40. The van der Waals surface area contributed by atoms with Crippen LogP contribution in [-0.4, -0.2) is 53.5 Å². The molecule has 138 valence electrons. The van der Waals surface area contributed by atoms with Gasteiger partial charge in [-0.15, -0.1) is 11.3 Å². The summed E-state index contributed by atoms with van der Waals surface area (Å²) in [6.07, 6.45) is 6.68. The van der Waals surface area contributed by atoms with Crippen molar-refractivity contribution in [2.45, 2.75) is 45.4 Å². The first-order chi connectivity index (χ1) is 12.1. The van der Waals surface area contributed by atoms with E-state index in [0.717, 1.165) is 24.1 Å². The van der Waals surface area contributed by atoms with Gasteiger partial charge in [0.25, 0.3) is 11.8 Å². The van der Waals surface area contributed by atoms with E-state index in [1.807, 2.05) is 17.5 Å². The monoisotopic (exact) mass is 364 g/mol. The van der Waals surface area contributed by atoms with Gasteiger partial charge < -0.3 is 10.0 Å². The number of thiophene rings is 1. The molecule has 0 fully saturated rings. The van der Waals surface area contributed by atoms with Crippen LogP contribution >= 0.6 is 11.3 Å². The maximum absolute atomic E-state index is 12.9. The van der Waals surface area contributed by atoms with Gasteiger partial charge in [0.2, 0.25) is 0 Å². The molecule has 0 atom stereocenters. The van der Waals surface area contributed by atoms with Crippen molar-refractivity contribution in [1.82, 2.24) is 9.80 Å². The molecule has 0 spiro atoms. The van der Waals surface area contributed by atoms with Crippen molar-refractivity contribution in [2.24, 2.45) is 0 Å². The molecule has 2 amide bonds. The van der Waals surface area contributed by atoms with E-state index in [4.69, 9.17) is 0 Å². The molecule has 0 bridgehead atoms. The predicted octanol–water partition coefficient (Wildman–Crippen LogP) is 3.11. The highest BCUT2D eigenvalue weighted by molar-refractivity contribution is 7.11. The summed E-state index contributed by atoms with van der Waals surface area (Å²) in [5.74, 6) is -0.446. The summed E-state index contributed by atoms with van der Waals surface area (Å²) < 4.78 is 0. The van der Waals surface area contributed by atoms with E-state index in [9.17, 15) is 14.7 Å². The van der Waals surface area contributed by atoms with Crippen LogP contribution in [0.25, 0.3) is 5.57 Å². The fourth-order valence-electron chi connectivity index (χ4n) is 3.08. The first kappa shape index (κ1) is 19.7. The first-order valence-corrected chi connectivity index (χ1v) is 9.96. The summed E-state index contributed by atoms with van der Waals surface area (Å²) >= 11 is 1.46. The van der Waals surface area contributed by atoms with Gasteiger partial charge in [0.1, 0.15) is 5.70 Å². The summed E-state index contributed by atoms with van der Waals surface area (Å²) in [4.78, 5) is 29.6. The number of likely N-dealkylation sites (N-methyl/N-ethyl adjacent to an activating group) is 1. The Balaban J connectivity index is 2.09. The van der Waals surface area contributed by atoms with Gasteiger partial charge in [-0.1, -0.05) is 45.1 Å². The van der Waals surface area contributed by atoms with Crippen molar-refractivity contribution >= 4 is 28.7 Å². The molecule has 2 rings (SSSR count). The zero-order chi connectivity index (χ0) is 18.2. The normalized spacial score (nSPS) is 14.8. The summed E-state index contributed by atoms with van der Waals surface area (Å²) in [5, 5.41) is 11.1. The SMILES string of the molecule is CCCCCCCCN1C(=O)C(c2cccs2)=C(N(C)CCO)C1=O. The molecule has 25 heavy (non-hydrogen) atoms. The van der Waals surface area contributed by atoms with Crippen LogP contribution in [0.2, 0.25) is 0 Å². The Morgan fingerprint density at radius 1 is 1.12 bits per heavy atom. The maximum Gasteiger partial charge on any atom is 0.277 e. The van der Waals surface area contributed by atoms with E-state index in [1.165, 1.54) is 35.5 Å². The predicted molar refractivity (Wildman–Crippen MR) is 101 cm³/mol. The van der Waals surface area contributed by atoms with Crippen LogP contribution in [0.5, 0.6) is 0 Å². The quantitative estimate of drug-likeness (QED) is 0.484. The van der Waals surface area contributed by atoms with Gasteiger partial charge in [0, 0.05) is 25.0 Å². The third-order valence-corrected chi connectivity index (χ3v) is 5.35. The van der Waals surface area contributed by atoms with Gasteiger partial charge in [-0.3, -0.25) is 14.5 Å². The molecule has 0 saturated heterocycles. The van der Waals surface area contributed by atoms with Gasteiger partial charge in [-0.2, -0.15) is 0 Å². The molecule has 0 unspecified atom stereocenters. The van der Waals surface area contributed by atoms with Gasteiger partial charge in [0.15, 0.2) is 0 Å². The van der Waals surface area contributed by atoms with Gasteiger partial charge in [-0.25, -0.2) is 0 Å². The molecule has 1 aliphatic heterocycles. The number of hydrogen-bond acceptors (Lipinski definition) is 5. The Labute approximate surface area is 153 Å². The standard InChI is InChI=1S/C19H28N2O3S/c1-3-4-5-6-7-8-11-21-18(23)16(15-10-9-14-25-15)17(19(21)24)20(2)12-13-22/h9-10,14,22H,3-8,11-13H2,1-2H3. The largest absolute Gasteiger partial charge is 0.395 e. The summed E-state index contributed by atoms with van der Waals surface area (Å²) in [5.41, 5.74) is 0.884. The van der Waals surface area contributed by atoms with Crippen molar-refractivity contribution in [1.29, 1.82) is 0 Å². The molecule has 1 N–H and O–H groups in total. The third kappa shape index (κ3) is 4.70. The zero-order valence-electron chi connectivity index (χ0n) is 15.2. The Morgan fingerprint density at radius 3 is 2.48 bits per heavy atom. The second-order valence-electron chi connectivity index (χ2n) is 6.38. The average Bonchev–Trinajstić information content (AvgIpc) is 3.19. The number of nitrogens with zero attached hydrogens (tertiary/aromatic N) is 2. The molecule has 1 aliphatic rings. The average molecular weight is 365 g/mol. The second kappa shape index (κ2) is 9.73. The molecule has 5 nitrogen and oxygen atoms in total. The minimum atomic E-state index is -0.238. The number of imide groups is 1. The van der Waals surface area contributed by atoms with Gasteiger partial charge in [0.05, 0.1) is 12.2 Å². The van der Waals surface area contributed by atoms with E-state index < -0.39 is 0 Å². The van der Waals surface area contributed by atoms with Crippen LogP contribution in [0.3, 0.4) is 0 Å². The Hall–Kier alpha value is -1.66. The van der Waals surface area contributed by atoms with E-state index in [1.54, 1.807) is 11.9 Å². The number of rotatable bonds is 11. The van der Waals surface area contributed by atoms with Crippen molar-refractivity contribution in [3.05, 3.63) is 28.1 Å². The summed E-state index contributed by atoms with van der Waals surface area (Å²) in [7, 11) is 1.75. The fourth-order valence-corrected chi connectivity index (χ4v) is 3.84. The van der Waals surface area contributed by atoms with Crippen LogP contribution in [0.4, 0.5) is 0 Å². The molecule has 2 heterocycles. The van der Waals surface area contributed by atoms with Crippen LogP contribution in [0, 0.1) is 0 Å². The molecule has 0 saturated carbocycles. The molecular formula is C19H28N2O3S. The Morgan fingerprint density at radius 2 is 1.84 bits per heavy atom. The van der Waals surface area contributed by atoms with Crippen LogP contribution in [0.1, 0.15) is 50.3 Å². The molecule has 1 aromatic heterocycles. The van der Waals surface area contributed by atoms with Crippen molar-refractivity contribution in [3.8, 4) is 0 Å². The van der Waals surface area contributed by atoms with Gasteiger partial charge in [-0.05, 0) is 17.9 Å². The molecule has 6 heteroatoms. The lowest BCUT2D eigenvalue weighted by Crippen LogP contribution is -2.35. The lowest BCUT2D eigenvalue weighted by molar-refractivity contribution is -0.137. The van der Waals surface area contributed by atoms with Crippen molar-refractivity contribution in [3.63, 3.8) is 0 Å². The number of amides is 2. The number of aliphatic hydroxyl groups excluding tert-OH is 1. The number of unbranched alkanes of at least 4 members (excludes halogenated alkanes) is 5. The molecule has 0 aromatic carbocycles. The smallest absolute Gasteiger partial charge is 0.277 e. The minimum absolute atomic E-state index is 0.0589. The van der Waals surface area contributed by atoms with Crippen LogP contribution < -0.4 is 0 Å². The summed E-state index contributed by atoms with van der Waals surface area (Å²) in [6.45, 7) is 2.92. The minimum Gasteiger partial charge on any atom is -0.395 e. The first-order valence-electron chi connectivity index (χ1n) is 9.08. The second-order valence-corrected chi connectivity index (χ2v) is 7.32. The van der Waals surface area contributed by atoms with E-state index in [-0.39, 0.29) is 18.4 Å². The number of carbonyl (C=O) groups excluding carboxylic acids is 2. The Bertz CT molecular complexity index is 610. The Kier molecular flexibility index (Phi) is 7.65. The number of carbonyl (C=O) groups is 2. The zero-order valence-corrected chi connectivity index (χ0v) is 16.0. The summed E-state index contributed by atoms with van der Waals surface area (Å²) in [6, 6.07) is 3.75. The lowest BCUT2D eigenvalue weighted by Gasteiger charge is -2.20. The molecule has 1 aromatic rings. The topological polar surface area (TPSA) is 60.9 Å². The highest BCUT2D eigenvalue weighted by Crippen LogP contribution is 2.33. The van der Waals surface area contributed by atoms with Crippen molar-refractivity contribution in [2.75, 3.05) is 26.7 Å². The lowest BCUT2D eigenvalue weighted by atomic mass is 10.1. The van der Waals surface area contributed by atoms with E-state index >= 15 is 0 Å². The van der Waals surface area contributed by atoms with Crippen molar-refractivity contribution < 1.29 is 14.7 Å². The number of aliphatic hydroxyl groups is 1. The van der Waals surface area contributed by atoms with E-state index in [2.05, 4.69) is 6.92 Å². The van der Waals surface area contributed by atoms with Crippen LogP contribution in [-0.2, 0) is 9.59 Å². The van der Waals surface area contributed by atoms with E-state index in [0.29, 0.717) is 24.4 Å². The highest BCUT2D eigenvalue weighted by atomic mass is 32.1. The molecular weight excluding hydrogens is 336 g/mol.